The quantitative estimate of drug-likeness (QED) is 0.603. The Morgan fingerprint density at radius 1 is 1.00 bits per heavy atom. The van der Waals surface area contributed by atoms with Gasteiger partial charge in [-0.25, -0.2) is 8.42 Å². The molecule has 0 aliphatic rings. The molecular formula is C24H26N2O4S. The van der Waals surface area contributed by atoms with Gasteiger partial charge in [-0.15, -0.1) is 0 Å². The molecule has 0 atom stereocenters. The Hall–Kier alpha value is -3.32. The van der Waals surface area contributed by atoms with E-state index in [9.17, 15) is 13.2 Å². The zero-order chi connectivity index (χ0) is 22.6. The Kier molecular flexibility index (Phi) is 6.65. The first-order valence-electron chi connectivity index (χ1n) is 9.80. The molecule has 0 aliphatic carbocycles. The molecule has 3 rings (SSSR count). The fourth-order valence-electron chi connectivity index (χ4n) is 3.27. The molecule has 0 radical (unpaired) electrons. The molecule has 31 heavy (non-hydrogen) atoms. The molecular weight excluding hydrogens is 412 g/mol. The van der Waals surface area contributed by atoms with Gasteiger partial charge in [-0.3, -0.25) is 9.10 Å². The normalized spacial score (nSPS) is 11.1. The first-order chi connectivity index (χ1) is 14.7. The van der Waals surface area contributed by atoms with Gasteiger partial charge < -0.3 is 10.1 Å². The minimum Gasteiger partial charge on any atom is -0.496 e. The van der Waals surface area contributed by atoms with Gasteiger partial charge in [0.05, 0.1) is 17.7 Å². The number of methoxy groups -OCH3 is 1. The maximum atomic E-state index is 13.0. The second-order valence-electron chi connectivity index (χ2n) is 7.28. The first kappa shape index (κ1) is 22.4. The summed E-state index contributed by atoms with van der Waals surface area (Å²) in [6.07, 6.45) is 0. The summed E-state index contributed by atoms with van der Waals surface area (Å²) < 4.78 is 32.5. The van der Waals surface area contributed by atoms with Crippen LogP contribution in [0.2, 0.25) is 0 Å². The van der Waals surface area contributed by atoms with Crippen LogP contribution in [-0.2, 0) is 16.6 Å². The van der Waals surface area contributed by atoms with Gasteiger partial charge in [-0.05, 0) is 55.8 Å². The van der Waals surface area contributed by atoms with E-state index in [0.717, 1.165) is 11.1 Å². The maximum absolute atomic E-state index is 13.0. The second-order valence-corrected chi connectivity index (χ2v) is 9.25. The number of carbonyl (C=O) groups excluding carboxylic acids is 1. The number of hydrogen-bond acceptors (Lipinski definition) is 4. The average molecular weight is 439 g/mol. The number of aryl methyl sites for hydroxylation is 2. The lowest BCUT2D eigenvalue weighted by Gasteiger charge is -2.22. The highest BCUT2D eigenvalue weighted by Gasteiger charge is 2.23. The van der Waals surface area contributed by atoms with Gasteiger partial charge in [0.25, 0.3) is 15.9 Å². The molecule has 7 heteroatoms. The predicted octanol–water partition coefficient (Wildman–Crippen LogP) is 4.07. The van der Waals surface area contributed by atoms with E-state index in [1.807, 2.05) is 31.2 Å². The van der Waals surface area contributed by atoms with Crippen molar-refractivity contribution < 1.29 is 17.9 Å². The van der Waals surface area contributed by atoms with Crippen LogP contribution in [0.25, 0.3) is 0 Å². The van der Waals surface area contributed by atoms with E-state index in [-0.39, 0.29) is 10.8 Å². The highest BCUT2D eigenvalue weighted by atomic mass is 32.2. The van der Waals surface area contributed by atoms with Crippen LogP contribution in [0.15, 0.2) is 71.6 Å². The average Bonchev–Trinajstić information content (AvgIpc) is 2.77. The summed E-state index contributed by atoms with van der Waals surface area (Å²) in [7, 11) is -0.599. The minimum atomic E-state index is -3.70. The Bertz CT molecular complexity index is 1190. The number of anilines is 1. The van der Waals surface area contributed by atoms with Crippen LogP contribution >= 0.6 is 0 Å². The topological polar surface area (TPSA) is 75.7 Å². The first-order valence-corrected chi connectivity index (χ1v) is 11.2. The number of hydrogen-bond donors (Lipinski definition) is 1. The Morgan fingerprint density at radius 3 is 2.32 bits per heavy atom. The van der Waals surface area contributed by atoms with E-state index in [0.29, 0.717) is 29.1 Å². The van der Waals surface area contributed by atoms with Crippen LogP contribution in [0.4, 0.5) is 5.69 Å². The summed E-state index contributed by atoms with van der Waals surface area (Å²) in [4.78, 5) is 12.8. The Balaban J connectivity index is 1.77. The maximum Gasteiger partial charge on any atom is 0.264 e. The third-order valence-corrected chi connectivity index (χ3v) is 6.90. The zero-order valence-electron chi connectivity index (χ0n) is 18.0. The molecule has 3 aromatic rings. The van der Waals surface area contributed by atoms with E-state index in [1.54, 1.807) is 56.5 Å². The molecule has 1 N–H and O–H groups in total. The van der Waals surface area contributed by atoms with Crippen molar-refractivity contribution in [2.24, 2.45) is 0 Å². The number of carbonyl (C=O) groups is 1. The number of para-hydroxylation sites is 1. The van der Waals surface area contributed by atoms with E-state index in [1.165, 1.54) is 11.4 Å². The van der Waals surface area contributed by atoms with Gasteiger partial charge in [-0.2, -0.15) is 0 Å². The van der Waals surface area contributed by atoms with Crippen LogP contribution in [0.5, 0.6) is 5.75 Å². The monoisotopic (exact) mass is 438 g/mol. The highest BCUT2D eigenvalue weighted by molar-refractivity contribution is 7.92. The number of rotatable bonds is 7. The number of nitrogens with zero attached hydrogens (tertiary/aromatic N) is 1. The van der Waals surface area contributed by atoms with Gasteiger partial charge in [-0.1, -0.05) is 35.9 Å². The van der Waals surface area contributed by atoms with Crippen LogP contribution in [0.3, 0.4) is 0 Å². The van der Waals surface area contributed by atoms with Crippen molar-refractivity contribution in [3.8, 4) is 5.75 Å². The molecule has 6 nitrogen and oxygen atoms in total. The molecule has 3 aromatic carbocycles. The van der Waals surface area contributed by atoms with E-state index in [2.05, 4.69) is 5.32 Å². The summed E-state index contributed by atoms with van der Waals surface area (Å²) in [5.41, 5.74) is 3.51. The van der Waals surface area contributed by atoms with Crippen LogP contribution in [0.1, 0.15) is 27.0 Å². The molecule has 0 saturated heterocycles. The van der Waals surface area contributed by atoms with Crippen molar-refractivity contribution in [3.05, 3.63) is 89.0 Å². The van der Waals surface area contributed by atoms with Crippen LogP contribution in [-0.4, -0.2) is 28.5 Å². The van der Waals surface area contributed by atoms with Gasteiger partial charge in [0.1, 0.15) is 5.75 Å². The SMILES string of the molecule is COc1ccccc1CNC(=O)c1ccc(N(C)S(=O)(=O)c2ccc(C)cc2)c(C)c1. The Morgan fingerprint density at radius 2 is 1.68 bits per heavy atom. The van der Waals surface area contributed by atoms with E-state index >= 15 is 0 Å². The summed E-state index contributed by atoms with van der Waals surface area (Å²) >= 11 is 0. The number of amides is 1. The fourth-order valence-corrected chi connectivity index (χ4v) is 4.53. The molecule has 0 spiro atoms. The predicted molar refractivity (Wildman–Crippen MR) is 122 cm³/mol. The molecule has 0 heterocycles. The summed E-state index contributed by atoms with van der Waals surface area (Å²) in [6.45, 7) is 4.01. The molecule has 1 amide bonds. The number of benzene rings is 3. The van der Waals surface area contributed by atoms with Crippen molar-refractivity contribution in [3.63, 3.8) is 0 Å². The van der Waals surface area contributed by atoms with E-state index in [4.69, 9.17) is 4.74 Å². The lowest BCUT2D eigenvalue weighted by molar-refractivity contribution is 0.0950. The molecule has 0 saturated carbocycles. The lowest BCUT2D eigenvalue weighted by Crippen LogP contribution is -2.28. The molecule has 0 fully saturated rings. The van der Waals surface area contributed by atoms with E-state index < -0.39 is 10.0 Å². The van der Waals surface area contributed by atoms with Crippen molar-refractivity contribution in [1.29, 1.82) is 0 Å². The Labute approximate surface area is 183 Å². The standard InChI is InChI=1S/C24H26N2O4S/c1-17-9-12-21(13-10-17)31(28,29)26(3)22-14-11-19(15-18(22)2)24(27)25-16-20-7-5-6-8-23(20)30-4/h5-15H,16H2,1-4H3,(H,25,27). The number of ether oxygens (including phenoxy) is 1. The molecule has 0 aromatic heterocycles. The van der Waals surface area contributed by atoms with Gasteiger partial charge in [0.2, 0.25) is 0 Å². The highest BCUT2D eigenvalue weighted by Crippen LogP contribution is 2.26. The molecule has 0 aliphatic heterocycles. The smallest absolute Gasteiger partial charge is 0.264 e. The van der Waals surface area contributed by atoms with Crippen molar-refractivity contribution in [1.82, 2.24) is 5.32 Å². The van der Waals surface area contributed by atoms with Crippen molar-refractivity contribution in [2.45, 2.75) is 25.3 Å². The van der Waals surface area contributed by atoms with Crippen LogP contribution < -0.4 is 14.4 Å². The fraction of sp³-hybridized carbons (Fsp3) is 0.208. The van der Waals surface area contributed by atoms with Crippen LogP contribution in [0, 0.1) is 13.8 Å². The van der Waals surface area contributed by atoms with Gasteiger partial charge >= 0.3 is 0 Å². The third-order valence-electron chi connectivity index (χ3n) is 5.11. The number of nitrogens with one attached hydrogen (secondary N) is 1. The zero-order valence-corrected chi connectivity index (χ0v) is 18.9. The summed E-state index contributed by atoms with van der Waals surface area (Å²) in [5, 5.41) is 2.88. The molecule has 0 unspecified atom stereocenters. The minimum absolute atomic E-state index is 0.221. The lowest BCUT2D eigenvalue weighted by atomic mass is 10.1. The van der Waals surface area contributed by atoms with Gasteiger partial charge in [0.15, 0.2) is 0 Å². The molecule has 162 valence electrons. The summed E-state index contributed by atoms with van der Waals surface area (Å²) in [6, 6.07) is 19.2. The third kappa shape index (κ3) is 4.88. The van der Waals surface area contributed by atoms with Crippen molar-refractivity contribution in [2.75, 3.05) is 18.5 Å². The second kappa shape index (κ2) is 9.22. The summed E-state index contributed by atoms with van der Waals surface area (Å²) in [5.74, 6) is 0.460. The van der Waals surface area contributed by atoms with Gasteiger partial charge in [0, 0.05) is 24.7 Å². The van der Waals surface area contributed by atoms with Crippen molar-refractivity contribution >= 4 is 21.6 Å². The molecule has 0 bridgehead atoms. The number of sulfonamides is 1. The largest absolute Gasteiger partial charge is 0.496 e.